The van der Waals surface area contributed by atoms with Gasteiger partial charge in [0.05, 0.1) is 11.9 Å². The first-order valence-corrected chi connectivity index (χ1v) is 8.35. The maximum atomic E-state index is 8.92. The van der Waals surface area contributed by atoms with Crippen LogP contribution in [0.25, 0.3) is 0 Å². The highest BCUT2D eigenvalue weighted by Gasteiger charge is 2.08. The van der Waals surface area contributed by atoms with E-state index in [0.29, 0.717) is 27.3 Å². The molecule has 0 unspecified atom stereocenters. The van der Waals surface area contributed by atoms with Crippen molar-refractivity contribution in [1.82, 2.24) is 15.0 Å². The molecular formula is C10H17N3O2S3. The van der Waals surface area contributed by atoms with E-state index in [0.717, 1.165) is 5.75 Å². The highest BCUT2D eigenvalue weighted by molar-refractivity contribution is 8.00. The third-order valence-electron chi connectivity index (χ3n) is 1.62. The summed E-state index contributed by atoms with van der Waals surface area (Å²) >= 11 is 4.22. The number of thioether (sulfide) groups is 3. The highest BCUT2D eigenvalue weighted by atomic mass is 32.2. The summed E-state index contributed by atoms with van der Waals surface area (Å²) in [4.78, 5) is 12.9. The summed E-state index contributed by atoms with van der Waals surface area (Å²) in [6, 6.07) is 0. The van der Waals surface area contributed by atoms with Crippen molar-refractivity contribution in [3.63, 3.8) is 0 Å². The fourth-order valence-electron chi connectivity index (χ4n) is 0.925. The third kappa shape index (κ3) is 6.24. The molecule has 1 aromatic rings. The van der Waals surface area contributed by atoms with E-state index < -0.39 is 0 Å². The lowest BCUT2D eigenvalue weighted by atomic mass is 10.3. The Balaban J connectivity index is 2.76. The van der Waals surface area contributed by atoms with Gasteiger partial charge in [-0.15, -0.1) is 0 Å². The van der Waals surface area contributed by atoms with Crippen LogP contribution in [0.3, 0.4) is 0 Å². The molecule has 102 valence electrons. The van der Waals surface area contributed by atoms with Crippen LogP contribution in [0.15, 0.2) is 15.5 Å². The molecule has 0 aliphatic heterocycles. The smallest absolute Gasteiger partial charge is 0.194 e. The molecule has 0 bridgehead atoms. The number of methoxy groups -OCH3 is 1. The summed E-state index contributed by atoms with van der Waals surface area (Å²) in [5.74, 6) is 2.01. The zero-order chi connectivity index (χ0) is 13.4. The first kappa shape index (κ1) is 16.0. The van der Waals surface area contributed by atoms with Gasteiger partial charge >= 0.3 is 0 Å². The third-order valence-corrected chi connectivity index (χ3v) is 4.26. The SMILES string of the molecule is COCSc1nc(SCO)nc(SCC(C)C)n1. The summed E-state index contributed by atoms with van der Waals surface area (Å²) in [5, 5.41) is 10.8. The van der Waals surface area contributed by atoms with E-state index in [9.17, 15) is 0 Å². The van der Waals surface area contributed by atoms with E-state index in [2.05, 4.69) is 28.8 Å². The molecule has 0 radical (unpaired) electrons. The van der Waals surface area contributed by atoms with Crippen molar-refractivity contribution in [2.75, 3.05) is 24.7 Å². The van der Waals surface area contributed by atoms with Gasteiger partial charge in [-0.1, -0.05) is 49.1 Å². The van der Waals surface area contributed by atoms with Crippen LogP contribution in [0, 0.1) is 5.92 Å². The largest absolute Gasteiger partial charge is 0.385 e. The lowest BCUT2D eigenvalue weighted by molar-refractivity contribution is 0.258. The van der Waals surface area contributed by atoms with Gasteiger partial charge in [-0.2, -0.15) is 15.0 Å². The van der Waals surface area contributed by atoms with Gasteiger partial charge in [-0.3, -0.25) is 0 Å². The van der Waals surface area contributed by atoms with E-state index >= 15 is 0 Å². The average Bonchev–Trinajstić information content (AvgIpc) is 2.34. The van der Waals surface area contributed by atoms with Crippen molar-refractivity contribution in [2.45, 2.75) is 29.3 Å². The molecule has 0 fully saturated rings. The number of nitrogens with zero attached hydrogens (tertiary/aromatic N) is 3. The van der Waals surface area contributed by atoms with E-state index in [1.54, 1.807) is 18.9 Å². The molecule has 0 atom stereocenters. The number of aromatic nitrogens is 3. The Kier molecular flexibility index (Phi) is 8.00. The Hall–Kier alpha value is -0.0200. The second kappa shape index (κ2) is 8.98. The molecular weight excluding hydrogens is 290 g/mol. The molecule has 18 heavy (non-hydrogen) atoms. The lowest BCUT2D eigenvalue weighted by Crippen LogP contribution is -2.00. The fraction of sp³-hybridized carbons (Fsp3) is 0.700. The topological polar surface area (TPSA) is 68.1 Å². The van der Waals surface area contributed by atoms with Crippen LogP contribution in [-0.2, 0) is 4.74 Å². The quantitative estimate of drug-likeness (QED) is 0.580. The van der Waals surface area contributed by atoms with Crippen LogP contribution < -0.4 is 0 Å². The van der Waals surface area contributed by atoms with Crippen LogP contribution in [0.4, 0.5) is 0 Å². The highest BCUT2D eigenvalue weighted by Crippen LogP contribution is 2.23. The minimum absolute atomic E-state index is 0.0350. The molecule has 1 rings (SSSR count). The predicted octanol–water partition coefficient (Wildman–Crippen LogP) is 2.36. The number of hydrogen-bond acceptors (Lipinski definition) is 8. The van der Waals surface area contributed by atoms with E-state index in [1.165, 1.54) is 23.5 Å². The molecule has 0 aliphatic rings. The Morgan fingerprint density at radius 2 is 1.61 bits per heavy atom. The van der Waals surface area contributed by atoms with Crippen LogP contribution in [-0.4, -0.2) is 44.8 Å². The van der Waals surface area contributed by atoms with Crippen LogP contribution >= 0.6 is 35.3 Å². The van der Waals surface area contributed by atoms with E-state index in [1.807, 2.05) is 0 Å². The van der Waals surface area contributed by atoms with Crippen molar-refractivity contribution in [2.24, 2.45) is 5.92 Å². The Labute approximate surface area is 120 Å². The molecule has 0 aliphatic carbocycles. The van der Waals surface area contributed by atoms with Gasteiger partial charge in [-0.25, -0.2) is 0 Å². The minimum atomic E-state index is -0.0350. The Bertz CT molecular complexity index is 366. The molecule has 8 heteroatoms. The summed E-state index contributed by atoms with van der Waals surface area (Å²) in [7, 11) is 1.63. The van der Waals surface area contributed by atoms with Crippen molar-refractivity contribution < 1.29 is 9.84 Å². The zero-order valence-electron chi connectivity index (χ0n) is 10.6. The van der Waals surface area contributed by atoms with Gasteiger partial charge in [0, 0.05) is 12.9 Å². The van der Waals surface area contributed by atoms with Gasteiger partial charge in [0.25, 0.3) is 0 Å². The monoisotopic (exact) mass is 307 g/mol. The number of rotatable bonds is 8. The van der Waals surface area contributed by atoms with Crippen molar-refractivity contribution in [3.05, 3.63) is 0 Å². The predicted molar refractivity (Wildman–Crippen MR) is 76.1 cm³/mol. The van der Waals surface area contributed by atoms with Gasteiger partial charge < -0.3 is 9.84 Å². The average molecular weight is 307 g/mol. The molecule has 0 saturated heterocycles. The normalized spacial score (nSPS) is 11.2. The van der Waals surface area contributed by atoms with Crippen molar-refractivity contribution in [3.8, 4) is 0 Å². The first-order valence-electron chi connectivity index (χ1n) is 5.40. The molecule has 0 aromatic carbocycles. The Morgan fingerprint density at radius 3 is 2.11 bits per heavy atom. The second-order valence-corrected chi connectivity index (χ2v) is 6.50. The standard InChI is InChI=1S/C10H17N3O2S3/c1-7(2)4-16-8-11-9(17-5-14)13-10(12-8)18-6-15-3/h7,14H,4-6H2,1-3H3. The maximum absolute atomic E-state index is 8.92. The van der Waals surface area contributed by atoms with Gasteiger partial charge in [0.2, 0.25) is 0 Å². The van der Waals surface area contributed by atoms with Gasteiger partial charge in [-0.05, 0) is 5.92 Å². The summed E-state index contributed by atoms with van der Waals surface area (Å²) in [6.07, 6.45) is 0. The number of hydrogen-bond donors (Lipinski definition) is 1. The number of aliphatic hydroxyl groups is 1. The van der Waals surface area contributed by atoms with Crippen LogP contribution in [0.1, 0.15) is 13.8 Å². The van der Waals surface area contributed by atoms with Crippen LogP contribution in [0.2, 0.25) is 0 Å². The summed E-state index contributed by atoms with van der Waals surface area (Å²) in [5.41, 5.74) is 0. The number of aliphatic hydroxyl groups excluding tert-OH is 1. The molecule has 1 N–H and O–H groups in total. The number of ether oxygens (including phenoxy) is 1. The minimum Gasteiger partial charge on any atom is -0.385 e. The molecule has 1 heterocycles. The molecule has 0 saturated carbocycles. The van der Waals surface area contributed by atoms with Gasteiger partial charge in [0.15, 0.2) is 15.5 Å². The Morgan fingerprint density at radius 1 is 1.06 bits per heavy atom. The van der Waals surface area contributed by atoms with E-state index in [4.69, 9.17) is 9.84 Å². The van der Waals surface area contributed by atoms with Gasteiger partial charge in [0.1, 0.15) is 0 Å². The summed E-state index contributed by atoms with van der Waals surface area (Å²) in [6.45, 7) is 4.30. The first-order chi connectivity index (χ1) is 8.65. The maximum Gasteiger partial charge on any atom is 0.194 e. The molecule has 1 aromatic heterocycles. The van der Waals surface area contributed by atoms with Crippen LogP contribution in [0.5, 0.6) is 0 Å². The molecule has 0 amide bonds. The zero-order valence-corrected chi connectivity index (χ0v) is 13.1. The summed E-state index contributed by atoms with van der Waals surface area (Å²) < 4.78 is 4.98. The lowest BCUT2D eigenvalue weighted by Gasteiger charge is -2.06. The van der Waals surface area contributed by atoms with Crippen molar-refractivity contribution >= 4 is 35.3 Å². The molecule has 0 spiro atoms. The fourth-order valence-corrected chi connectivity index (χ4v) is 2.83. The van der Waals surface area contributed by atoms with Crippen molar-refractivity contribution in [1.29, 1.82) is 0 Å². The van der Waals surface area contributed by atoms with E-state index in [-0.39, 0.29) is 5.94 Å². The second-order valence-electron chi connectivity index (χ2n) is 3.71. The molecule has 5 nitrogen and oxygen atoms in total.